The summed E-state index contributed by atoms with van der Waals surface area (Å²) in [5.41, 5.74) is 3.51. The number of esters is 1. The van der Waals surface area contributed by atoms with E-state index in [4.69, 9.17) is 4.74 Å². The third-order valence-corrected chi connectivity index (χ3v) is 6.00. The van der Waals surface area contributed by atoms with Gasteiger partial charge in [0.2, 0.25) is 0 Å². The maximum Gasteiger partial charge on any atom is 0.337 e. The zero-order valence-electron chi connectivity index (χ0n) is 19.0. The Morgan fingerprint density at radius 2 is 1.53 bits per heavy atom. The van der Waals surface area contributed by atoms with Crippen molar-refractivity contribution in [2.24, 2.45) is 0 Å². The fourth-order valence-electron chi connectivity index (χ4n) is 4.14. The second-order valence-corrected chi connectivity index (χ2v) is 8.21. The molecule has 6 heteroatoms. The summed E-state index contributed by atoms with van der Waals surface area (Å²) >= 11 is 0. The lowest BCUT2D eigenvalue weighted by molar-refractivity contribution is -0.139. The number of amides is 1. The zero-order chi connectivity index (χ0) is 24.2. The van der Waals surface area contributed by atoms with E-state index >= 15 is 0 Å². The summed E-state index contributed by atoms with van der Waals surface area (Å²) in [6.45, 7) is 2.22. The molecule has 0 aliphatic carbocycles. The quantitative estimate of drug-likeness (QED) is 0.257. The van der Waals surface area contributed by atoms with Crippen LogP contribution in [0.15, 0.2) is 84.4 Å². The minimum Gasteiger partial charge on any atom is -0.507 e. The van der Waals surface area contributed by atoms with Gasteiger partial charge in [-0.05, 0) is 36.6 Å². The molecule has 1 atom stereocenters. The Bertz CT molecular complexity index is 1240. The van der Waals surface area contributed by atoms with E-state index in [0.717, 1.165) is 11.1 Å². The molecule has 1 saturated heterocycles. The van der Waals surface area contributed by atoms with Crippen molar-refractivity contribution in [1.29, 1.82) is 0 Å². The van der Waals surface area contributed by atoms with Gasteiger partial charge < -0.3 is 14.7 Å². The van der Waals surface area contributed by atoms with E-state index in [1.807, 2.05) is 49.4 Å². The number of aliphatic hydroxyl groups is 1. The lowest BCUT2D eigenvalue weighted by Crippen LogP contribution is -2.31. The molecule has 1 N–H and O–H groups in total. The van der Waals surface area contributed by atoms with Gasteiger partial charge in [-0.1, -0.05) is 72.3 Å². The zero-order valence-corrected chi connectivity index (χ0v) is 19.0. The van der Waals surface area contributed by atoms with Crippen molar-refractivity contribution in [3.05, 3.63) is 112 Å². The third kappa shape index (κ3) is 4.48. The highest BCUT2D eigenvalue weighted by Gasteiger charge is 2.45. The lowest BCUT2D eigenvalue weighted by Gasteiger charge is -2.25. The van der Waals surface area contributed by atoms with Gasteiger partial charge in [0.25, 0.3) is 11.7 Å². The predicted octanol–water partition coefficient (Wildman–Crippen LogP) is 4.45. The fraction of sp³-hybridized carbons (Fsp3) is 0.179. The Balaban J connectivity index is 1.78. The Kier molecular flexibility index (Phi) is 6.59. The van der Waals surface area contributed by atoms with E-state index in [1.54, 1.807) is 36.4 Å². The Hall–Kier alpha value is -4.19. The largest absolute Gasteiger partial charge is 0.507 e. The number of nitrogens with zero attached hydrogens (tertiary/aromatic N) is 1. The van der Waals surface area contributed by atoms with Crippen LogP contribution in [0, 0.1) is 6.92 Å². The van der Waals surface area contributed by atoms with E-state index < -0.39 is 23.7 Å². The number of ketones is 1. The molecule has 3 aromatic carbocycles. The number of methoxy groups -OCH3 is 1. The SMILES string of the molecule is COC(=O)c1ccc(C2C(=C(O)c3ccc(C)cc3)C(=O)C(=O)N2CCc2ccccc2)cc1. The number of benzene rings is 3. The van der Waals surface area contributed by atoms with Gasteiger partial charge in [-0.25, -0.2) is 4.79 Å². The summed E-state index contributed by atoms with van der Waals surface area (Å²) in [5.74, 6) is -2.09. The molecule has 1 amide bonds. The summed E-state index contributed by atoms with van der Waals surface area (Å²) in [6.07, 6.45) is 0.551. The molecule has 34 heavy (non-hydrogen) atoms. The fourth-order valence-corrected chi connectivity index (χ4v) is 4.14. The molecule has 4 rings (SSSR count). The number of carbonyl (C=O) groups excluding carboxylic acids is 3. The molecule has 1 fully saturated rings. The van der Waals surface area contributed by atoms with Crippen LogP contribution in [0.4, 0.5) is 0 Å². The number of hydrogen-bond acceptors (Lipinski definition) is 5. The number of carbonyl (C=O) groups is 3. The van der Waals surface area contributed by atoms with Gasteiger partial charge in [0.1, 0.15) is 5.76 Å². The van der Waals surface area contributed by atoms with Crippen molar-refractivity contribution in [2.75, 3.05) is 13.7 Å². The topological polar surface area (TPSA) is 83.9 Å². The second kappa shape index (κ2) is 9.75. The average Bonchev–Trinajstić information content (AvgIpc) is 3.12. The lowest BCUT2D eigenvalue weighted by atomic mass is 9.94. The molecule has 3 aromatic rings. The predicted molar refractivity (Wildman–Crippen MR) is 128 cm³/mol. The number of rotatable bonds is 6. The Labute approximate surface area is 198 Å². The molecule has 172 valence electrons. The van der Waals surface area contributed by atoms with E-state index in [0.29, 0.717) is 29.7 Å². The maximum absolute atomic E-state index is 13.1. The van der Waals surface area contributed by atoms with Crippen LogP contribution in [0.5, 0.6) is 0 Å². The first-order valence-electron chi connectivity index (χ1n) is 11.0. The van der Waals surface area contributed by atoms with Gasteiger partial charge in [0.15, 0.2) is 0 Å². The van der Waals surface area contributed by atoms with Crippen LogP contribution >= 0.6 is 0 Å². The molecular formula is C28H25NO5. The molecule has 0 spiro atoms. The number of ether oxygens (including phenoxy) is 1. The van der Waals surface area contributed by atoms with Gasteiger partial charge in [0.05, 0.1) is 24.3 Å². The highest BCUT2D eigenvalue weighted by molar-refractivity contribution is 6.46. The first kappa shape index (κ1) is 23.0. The van der Waals surface area contributed by atoms with E-state index in [9.17, 15) is 19.5 Å². The van der Waals surface area contributed by atoms with Crippen molar-refractivity contribution < 1.29 is 24.2 Å². The van der Waals surface area contributed by atoms with Gasteiger partial charge in [-0.15, -0.1) is 0 Å². The highest BCUT2D eigenvalue weighted by Crippen LogP contribution is 2.39. The minimum atomic E-state index is -0.781. The van der Waals surface area contributed by atoms with Crippen molar-refractivity contribution in [1.82, 2.24) is 4.90 Å². The third-order valence-electron chi connectivity index (χ3n) is 6.00. The van der Waals surface area contributed by atoms with Crippen LogP contribution in [0.25, 0.3) is 5.76 Å². The van der Waals surface area contributed by atoms with E-state index in [2.05, 4.69) is 0 Å². The van der Waals surface area contributed by atoms with Crippen LogP contribution < -0.4 is 0 Å². The van der Waals surface area contributed by atoms with Crippen molar-refractivity contribution in [2.45, 2.75) is 19.4 Å². The van der Waals surface area contributed by atoms with Gasteiger partial charge in [-0.2, -0.15) is 0 Å². The molecule has 0 saturated carbocycles. The number of hydrogen-bond donors (Lipinski definition) is 1. The van der Waals surface area contributed by atoms with Crippen molar-refractivity contribution in [3.63, 3.8) is 0 Å². The second-order valence-electron chi connectivity index (χ2n) is 8.21. The standard InChI is InChI=1S/C28H25NO5/c1-18-8-10-21(11-9-18)25(30)23-24(20-12-14-22(15-13-20)28(33)34-2)29(27(32)26(23)31)17-16-19-6-4-3-5-7-19/h3-15,24,30H,16-17H2,1-2H3. The van der Waals surface area contributed by atoms with Crippen LogP contribution in [-0.2, 0) is 20.7 Å². The number of Topliss-reactive ketones (excluding diaryl/α,β-unsaturated/α-hetero) is 1. The summed E-state index contributed by atoms with van der Waals surface area (Å²) in [4.78, 5) is 39.6. The first-order chi connectivity index (χ1) is 16.4. The molecule has 1 aliphatic heterocycles. The van der Waals surface area contributed by atoms with Gasteiger partial charge in [0, 0.05) is 12.1 Å². The van der Waals surface area contributed by atoms with Crippen molar-refractivity contribution >= 4 is 23.4 Å². The Morgan fingerprint density at radius 1 is 0.912 bits per heavy atom. The summed E-state index contributed by atoms with van der Waals surface area (Å²) in [5, 5.41) is 11.1. The highest BCUT2D eigenvalue weighted by atomic mass is 16.5. The number of likely N-dealkylation sites (tertiary alicyclic amines) is 1. The maximum atomic E-state index is 13.1. The molecule has 1 heterocycles. The van der Waals surface area contributed by atoms with E-state index in [-0.39, 0.29) is 11.3 Å². The first-order valence-corrected chi connectivity index (χ1v) is 11.0. The number of aryl methyl sites for hydroxylation is 1. The smallest absolute Gasteiger partial charge is 0.337 e. The molecular weight excluding hydrogens is 430 g/mol. The minimum absolute atomic E-state index is 0.0349. The van der Waals surface area contributed by atoms with Crippen molar-refractivity contribution in [3.8, 4) is 0 Å². The monoisotopic (exact) mass is 455 g/mol. The molecule has 0 radical (unpaired) electrons. The molecule has 0 bridgehead atoms. The summed E-state index contributed by atoms with van der Waals surface area (Å²) in [7, 11) is 1.30. The average molecular weight is 456 g/mol. The van der Waals surface area contributed by atoms with Gasteiger partial charge in [-0.3, -0.25) is 9.59 Å². The molecule has 1 aliphatic rings. The van der Waals surface area contributed by atoms with Crippen LogP contribution in [0.1, 0.15) is 38.7 Å². The molecule has 6 nitrogen and oxygen atoms in total. The summed E-state index contributed by atoms with van der Waals surface area (Å²) in [6, 6.07) is 22.5. The normalized spacial score (nSPS) is 17.1. The molecule has 1 unspecified atom stereocenters. The Morgan fingerprint density at radius 3 is 2.15 bits per heavy atom. The van der Waals surface area contributed by atoms with Crippen LogP contribution in [-0.4, -0.2) is 41.3 Å². The van der Waals surface area contributed by atoms with Gasteiger partial charge >= 0.3 is 5.97 Å². The summed E-state index contributed by atoms with van der Waals surface area (Å²) < 4.78 is 4.76. The molecule has 0 aromatic heterocycles. The van der Waals surface area contributed by atoms with Crippen LogP contribution in [0.2, 0.25) is 0 Å². The number of aliphatic hydroxyl groups excluding tert-OH is 1. The van der Waals surface area contributed by atoms with E-state index in [1.165, 1.54) is 12.0 Å². The van der Waals surface area contributed by atoms with Crippen LogP contribution in [0.3, 0.4) is 0 Å².